The summed E-state index contributed by atoms with van der Waals surface area (Å²) in [7, 11) is 0. The normalized spacial score (nSPS) is 13.6. The fraction of sp³-hybridized carbons (Fsp3) is 0.538. The van der Waals surface area contributed by atoms with Crippen LogP contribution in [0.25, 0.3) is 0 Å². The van der Waals surface area contributed by atoms with Crippen LogP contribution in [0.2, 0.25) is 0 Å². The van der Waals surface area contributed by atoms with Crippen LogP contribution >= 0.6 is 0 Å². The van der Waals surface area contributed by atoms with Gasteiger partial charge in [0.15, 0.2) is 0 Å². The molecule has 0 aliphatic carbocycles. The smallest absolute Gasteiger partial charge is 0.369 e. The maximum atomic E-state index is 12.6. The van der Waals surface area contributed by atoms with Crippen LogP contribution in [0.5, 0.6) is 0 Å². The second kappa shape index (κ2) is 5.63. The molecule has 7 heteroatoms. The van der Waals surface area contributed by atoms with E-state index in [2.05, 4.69) is 0 Å². The Labute approximate surface area is 112 Å². The molecule has 1 rings (SSSR count). The van der Waals surface area contributed by atoms with E-state index in [0.717, 1.165) is 12.8 Å². The number of rotatable bonds is 4. The maximum Gasteiger partial charge on any atom is 0.430 e. The summed E-state index contributed by atoms with van der Waals surface area (Å²) in [5.74, 6) is 0. The Kier molecular flexibility index (Phi) is 4.74. The molecule has 114 valence electrons. The molecule has 0 unspecified atom stereocenters. The Hall–Kier alpha value is -1.24. The Morgan fingerprint density at radius 2 is 1.35 bits per heavy atom. The Bertz CT molecular complexity index is 418. The predicted molar refractivity (Wildman–Crippen MR) is 61.1 cm³/mol. The third-order valence-corrected chi connectivity index (χ3v) is 3.01. The molecule has 1 nitrogen and oxygen atoms in total. The first-order chi connectivity index (χ1) is 9.04. The second-order valence-corrected chi connectivity index (χ2v) is 4.51. The first-order valence-electron chi connectivity index (χ1n) is 5.99. The van der Waals surface area contributed by atoms with E-state index in [1.807, 2.05) is 6.92 Å². The van der Waals surface area contributed by atoms with Crippen molar-refractivity contribution >= 4 is 0 Å². The van der Waals surface area contributed by atoms with Crippen molar-refractivity contribution in [3.8, 4) is 0 Å². The summed E-state index contributed by atoms with van der Waals surface area (Å²) in [5.41, 5.74) is -5.44. The van der Waals surface area contributed by atoms with Crippen molar-refractivity contribution in [2.75, 3.05) is 0 Å². The zero-order chi connectivity index (χ0) is 15.6. The van der Waals surface area contributed by atoms with Crippen LogP contribution in [0.15, 0.2) is 24.3 Å². The van der Waals surface area contributed by atoms with Gasteiger partial charge in [0.2, 0.25) is 0 Å². The lowest BCUT2D eigenvalue weighted by Crippen LogP contribution is -2.53. The van der Waals surface area contributed by atoms with Gasteiger partial charge in [-0.05, 0) is 18.4 Å². The monoisotopic (exact) mass is 300 g/mol. The molecule has 0 fully saturated rings. The number of halogens is 6. The molecular weight excluding hydrogens is 286 g/mol. The first-order valence-corrected chi connectivity index (χ1v) is 5.99. The van der Waals surface area contributed by atoms with E-state index in [-0.39, 0.29) is 0 Å². The quantitative estimate of drug-likeness (QED) is 0.820. The van der Waals surface area contributed by atoms with Gasteiger partial charge in [-0.1, -0.05) is 37.6 Å². The highest BCUT2D eigenvalue weighted by Crippen LogP contribution is 2.49. The number of benzene rings is 1. The lowest BCUT2D eigenvalue weighted by molar-refractivity contribution is -0.376. The van der Waals surface area contributed by atoms with Crippen LogP contribution < -0.4 is 0 Å². The van der Waals surface area contributed by atoms with E-state index in [1.54, 1.807) is 0 Å². The summed E-state index contributed by atoms with van der Waals surface area (Å²) < 4.78 is 75.7. The van der Waals surface area contributed by atoms with E-state index in [0.29, 0.717) is 24.1 Å². The maximum absolute atomic E-state index is 12.6. The molecular formula is C13H14F6O. The van der Waals surface area contributed by atoms with Gasteiger partial charge in [-0.3, -0.25) is 0 Å². The van der Waals surface area contributed by atoms with Gasteiger partial charge < -0.3 is 5.11 Å². The number of aliphatic hydroxyl groups is 1. The molecule has 0 aliphatic heterocycles. The Morgan fingerprint density at radius 1 is 0.900 bits per heavy atom. The number of aryl methyl sites for hydroxylation is 1. The number of hydrogen-bond acceptors (Lipinski definition) is 1. The van der Waals surface area contributed by atoms with Gasteiger partial charge in [-0.15, -0.1) is 0 Å². The zero-order valence-corrected chi connectivity index (χ0v) is 10.6. The summed E-state index contributed by atoms with van der Waals surface area (Å²) in [6, 6.07) is 3.69. The van der Waals surface area contributed by atoms with Gasteiger partial charge in [0.25, 0.3) is 5.60 Å². The molecule has 0 spiro atoms. The average Bonchev–Trinajstić information content (AvgIpc) is 2.33. The lowest BCUT2D eigenvalue weighted by atomic mass is 9.91. The fourth-order valence-electron chi connectivity index (χ4n) is 1.78. The molecule has 0 bridgehead atoms. The van der Waals surface area contributed by atoms with Crippen molar-refractivity contribution in [1.29, 1.82) is 0 Å². The number of unbranched alkanes of at least 4 members (excludes halogenated alkanes) is 1. The number of hydrogen-bond donors (Lipinski definition) is 1. The predicted octanol–water partition coefficient (Wildman–Crippen LogP) is 4.34. The Balaban J connectivity index is 3.17. The van der Waals surface area contributed by atoms with Gasteiger partial charge in [0.1, 0.15) is 0 Å². The summed E-state index contributed by atoms with van der Waals surface area (Å²) in [6.45, 7) is 1.92. The summed E-state index contributed by atoms with van der Waals surface area (Å²) in [6.07, 6.45) is -9.47. The molecule has 0 atom stereocenters. The van der Waals surface area contributed by atoms with Crippen LogP contribution in [0.4, 0.5) is 26.3 Å². The third-order valence-electron chi connectivity index (χ3n) is 3.01. The van der Waals surface area contributed by atoms with Crippen molar-refractivity contribution in [2.24, 2.45) is 0 Å². The summed E-state index contributed by atoms with van der Waals surface area (Å²) >= 11 is 0. The fourth-order valence-corrected chi connectivity index (χ4v) is 1.78. The standard InChI is InChI=1S/C13H14F6O/c1-2-3-4-9-5-7-10(8-6-9)11(20,12(14,15)16)13(17,18)19/h5-8,20H,2-4H2,1H3. The highest BCUT2D eigenvalue weighted by molar-refractivity contribution is 5.30. The van der Waals surface area contributed by atoms with Crippen LogP contribution in [0.3, 0.4) is 0 Å². The molecule has 0 aliphatic rings. The van der Waals surface area contributed by atoms with E-state index < -0.39 is 23.5 Å². The van der Waals surface area contributed by atoms with Crippen LogP contribution in [0.1, 0.15) is 30.9 Å². The molecule has 0 amide bonds. The molecule has 0 radical (unpaired) electrons. The van der Waals surface area contributed by atoms with Gasteiger partial charge in [0, 0.05) is 5.56 Å². The van der Waals surface area contributed by atoms with Crippen LogP contribution in [-0.4, -0.2) is 17.5 Å². The van der Waals surface area contributed by atoms with Gasteiger partial charge in [-0.25, -0.2) is 0 Å². The SMILES string of the molecule is CCCCc1ccc(C(O)(C(F)(F)F)C(F)(F)F)cc1. The minimum absolute atomic E-state index is 0.563. The lowest BCUT2D eigenvalue weighted by Gasteiger charge is -2.32. The Morgan fingerprint density at radius 3 is 1.70 bits per heavy atom. The topological polar surface area (TPSA) is 20.2 Å². The highest BCUT2D eigenvalue weighted by atomic mass is 19.4. The molecule has 0 saturated carbocycles. The van der Waals surface area contributed by atoms with Crippen molar-refractivity contribution in [2.45, 2.75) is 44.1 Å². The van der Waals surface area contributed by atoms with Crippen molar-refractivity contribution in [3.05, 3.63) is 35.4 Å². The molecule has 1 aromatic carbocycles. The van der Waals surface area contributed by atoms with Crippen molar-refractivity contribution in [3.63, 3.8) is 0 Å². The number of alkyl halides is 6. The van der Waals surface area contributed by atoms with Crippen LogP contribution in [-0.2, 0) is 12.0 Å². The van der Waals surface area contributed by atoms with Gasteiger partial charge in [0.05, 0.1) is 0 Å². The first kappa shape index (κ1) is 16.8. The van der Waals surface area contributed by atoms with Crippen molar-refractivity contribution < 1.29 is 31.4 Å². The molecule has 0 heterocycles. The summed E-state index contributed by atoms with van der Waals surface area (Å²) in [5, 5.41) is 9.17. The van der Waals surface area contributed by atoms with Crippen molar-refractivity contribution in [1.82, 2.24) is 0 Å². The second-order valence-electron chi connectivity index (χ2n) is 4.51. The summed E-state index contributed by atoms with van der Waals surface area (Å²) in [4.78, 5) is 0. The molecule has 0 aromatic heterocycles. The largest absolute Gasteiger partial charge is 0.430 e. The minimum Gasteiger partial charge on any atom is -0.369 e. The molecule has 1 N–H and O–H groups in total. The van der Waals surface area contributed by atoms with E-state index >= 15 is 0 Å². The molecule has 20 heavy (non-hydrogen) atoms. The average molecular weight is 300 g/mol. The van der Waals surface area contributed by atoms with E-state index in [9.17, 15) is 31.4 Å². The zero-order valence-electron chi connectivity index (χ0n) is 10.6. The highest BCUT2D eigenvalue weighted by Gasteiger charge is 2.71. The minimum atomic E-state index is -5.84. The van der Waals surface area contributed by atoms with Gasteiger partial charge in [-0.2, -0.15) is 26.3 Å². The van der Waals surface area contributed by atoms with Gasteiger partial charge >= 0.3 is 12.4 Å². The molecule has 0 saturated heterocycles. The molecule has 1 aromatic rings. The third kappa shape index (κ3) is 3.08. The van der Waals surface area contributed by atoms with E-state index in [4.69, 9.17) is 0 Å². The van der Waals surface area contributed by atoms with Crippen LogP contribution in [0, 0.1) is 0 Å². The van der Waals surface area contributed by atoms with E-state index in [1.165, 1.54) is 12.1 Å².